The summed E-state index contributed by atoms with van der Waals surface area (Å²) in [5.74, 6) is -0.281. The number of carbonyl (C=O) groups excluding carboxylic acids is 3. The van der Waals surface area contributed by atoms with Crippen molar-refractivity contribution < 1.29 is 23.9 Å². The molecule has 0 saturated carbocycles. The van der Waals surface area contributed by atoms with Crippen molar-refractivity contribution in [2.75, 3.05) is 18.1 Å². The number of hydrogen-bond acceptors (Lipinski definition) is 5. The van der Waals surface area contributed by atoms with Gasteiger partial charge in [0.2, 0.25) is 0 Å². The summed E-state index contributed by atoms with van der Waals surface area (Å²) < 4.78 is 11.4. The number of amides is 4. The first-order valence-corrected chi connectivity index (χ1v) is 10.3. The van der Waals surface area contributed by atoms with E-state index in [1.165, 1.54) is 6.08 Å². The van der Waals surface area contributed by atoms with Gasteiger partial charge >= 0.3 is 6.03 Å². The minimum Gasteiger partial charge on any atom is -0.494 e. The number of hydrogen-bond donors (Lipinski definition) is 1. The monoisotopic (exact) mass is 430 g/mol. The standard InChI is InChI=1S/C25H22N2O5/c1-3-31-18-12-10-16-11-13-22(32-4-2)20(19(16)14-18)15-21-23(28)26-25(30)27(24(21)29)17-8-6-5-7-9-17/h5-15H,3-4H2,1-2H3,(H,26,28,30)/b21-15+. The van der Waals surface area contributed by atoms with Crippen molar-refractivity contribution in [3.05, 3.63) is 71.8 Å². The summed E-state index contributed by atoms with van der Waals surface area (Å²) in [6, 6.07) is 17.0. The van der Waals surface area contributed by atoms with Gasteiger partial charge in [0.05, 0.1) is 18.9 Å². The van der Waals surface area contributed by atoms with E-state index in [1.54, 1.807) is 36.4 Å². The van der Waals surface area contributed by atoms with Crippen LogP contribution in [0.5, 0.6) is 11.5 Å². The second-order valence-corrected chi connectivity index (χ2v) is 7.02. The molecule has 4 amide bonds. The van der Waals surface area contributed by atoms with Crippen LogP contribution >= 0.6 is 0 Å². The van der Waals surface area contributed by atoms with Gasteiger partial charge in [-0.2, -0.15) is 0 Å². The zero-order valence-electron chi connectivity index (χ0n) is 17.8. The number of imide groups is 2. The van der Waals surface area contributed by atoms with Crippen LogP contribution in [0, 0.1) is 0 Å². The van der Waals surface area contributed by atoms with Crippen LogP contribution in [0.4, 0.5) is 10.5 Å². The highest BCUT2D eigenvalue weighted by molar-refractivity contribution is 6.39. The van der Waals surface area contributed by atoms with Crippen LogP contribution in [-0.2, 0) is 9.59 Å². The van der Waals surface area contributed by atoms with Crippen LogP contribution in [0.1, 0.15) is 19.4 Å². The van der Waals surface area contributed by atoms with E-state index in [9.17, 15) is 14.4 Å². The number of barbiturate groups is 1. The number of para-hydroxylation sites is 1. The number of nitrogens with zero attached hydrogens (tertiary/aromatic N) is 1. The normalized spacial score (nSPS) is 15.2. The fourth-order valence-corrected chi connectivity index (χ4v) is 3.60. The third kappa shape index (κ3) is 3.92. The molecule has 0 bridgehead atoms. The Morgan fingerprint density at radius 3 is 2.34 bits per heavy atom. The van der Waals surface area contributed by atoms with E-state index in [2.05, 4.69) is 5.32 Å². The first-order valence-electron chi connectivity index (χ1n) is 10.3. The van der Waals surface area contributed by atoms with Crippen LogP contribution in [0.3, 0.4) is 0 Å². The molecular weight excluding hydrogens is 408 g/mol. The Balaban J connectivity index is 1.88. The molecule has 1 aliphatic heterocycles. The topological polar surface area (TPSA) is 84.9 Å². The van der Waals surface area contributed by atoms with Crippen LogP contribution in [-0.4, -0.2) is 31.1 Å². The van der Waals surface area contributed by atoms with Gasteiger partial charge in [0, 0.05) is 5.56 Å². The Morgan fingerprint density at radius 2 is 1.62 bits per heavy atom. The van der Waals surface area contributed by atoms with Crippen molar-refractivity contribution in [2.24, 2.45) is 0 Å². The summed E-state index contributed by atoms with van der Waals surface area (Å²) >= 11 is 0. The summed E-state index contributed by atoms with van der Waals surface area (Å²) in [4.78, 5) is 39.3. The summed E-state index contributed by atoms with van der Waals surface area (Å²) in [6.07, 6.45) is 1.48. The Bertz CT molecular complexity index is 1230. The summed E-state index contributed by atoms with van der Waals surface area (Å²) in [7, 11) is 0. The number of carbonyl (C=O) groups is 3. The molecule has 7 heteroatoms. The highest BCUT2D eigenvalue weighted by atomic mass is 16.5. The average Bonchev–Trinajstić information content (AvgIpc) is 2.78. The summed E-state index contributed by atoms with van der Waals surface area (Å²) in [6.45, 7) is 4.65. The van der Waals surface area contributed by atoms with Gasteiger partial charge in [0.25, 0.3) is 11.8 Å². The molecule has 7 nitrogen and oxygen atoms in total. The smallest absolute Gasteiger partial charge is 0.335 e. The molecule has 0 unspecified atom stereocenters. The molecule has 1 aliphatic rings. The van der Waals surface area contributed by atoms with Gasteiger partial charge in [-0.15, -0.1) is 0 Å². The van der Waals surface area contributed by atoms with Crippen LogP contribution < -0.4 is 19.7 Å². The molecule has 1 heterocycles. The lowest BCUT2D eigenvalue weighted by atomic mass is 9.99. The average molecular weight is 430 g/mol. The molecule has 0 aliphatic carbocycles. The molecule has 0 spiro atoms. The van der Waals surface area contributed by atoms with Gasteiger partial charge in [0.1, 0.15) is 17.1 Å². The molecular formula is C25H22N2O5. The zero-order valence-corrected chi connectivity index (χ0v) is 17.8. The SMILES string of the molecule is CCOc1ccc2ccc(OCC)c(/C=C3\C(=O)NC(=O)N(c4ccccc4)C3=O)c2c1. The van der Waals surface area contributed by atoms with E-state index in [1.807, 2.05) is 38.1 Å². The van der Waals surface area contributed by atoms with E-state index >= 15 is 0 Å². The molecule has 0 aromatic heterocycles. The molecule has 4 rings (SSSR count). The Hall–Kier alpha value is -4.13. The van der Waals surface area contributed by atoms with Gasteiger partial charge in [0.15, 0.2) is 0 Å². The number of benzene rings is 3. The number of nitrogens with one attached hydrogen (secondary N) is 1. The van der Waals surface area contributed by atoms with E-state index in [0.29, 0.717) is 36.0 Å². The number of ether oxygens (including phenoxy) is 2. The third-order valence-electron chi connectivity index (χ3n) is 5.01. The van der Waals surface area contributed by atoms with Crippen molar-refractivity contribution >= 4 is 40.4 Å². The van der Waals surface area contributed by atoms with Gasteiger partial charge in [-0.3, -0.25) is 14.9 Å². The van der Waals surface area contributed by atoms with E-state index < -0.39 is 17.8 Å². The Morgan fingerprint density at radius 1 is 0.906 bits per heavy atom. The highest BCUT2D eigenvalue weighted by Crippen LogP contribution is 2.34. The molecule has 1 saturated heterocycles. The van der Waals surface area contributed by atoms with Crippen LogP contribution in [0.2, 0.25) is 0 Å². The summed E-state index contributed by atoms with van der Waals surface area (Å²) in [5, 5.41) is 3.91. The van der Waals surface area contributed by atoms with Gasteiger partial charge in [-0.1, -0.05) is 30.3 Å². The molecule has 3 aromatic carbocycles. The third-order valence-corrected chi connectivity index (χ3v) is 5.01. The quantitative estimate of drug-likeness (QED) is 0.465. The maximum Gasteiger partial charge on any atom is 0.335 e. The predicted octanol–water partition coefficient (Wildman–Crippen LogP) is 4.30. The number of urea groups is 1. The highest BCUT2D eigenvalue weighted by Gasteiger charge is 2.37. The Labute approximate surface area is 185 Å². The fourth-order valence-electron chi connectivity index (χ4n) is 3.60. The molecule has 1 fully saturated rings. The van der Waals surface area contributed by atoms with Crippen molar-refractivity contribution in [1.82, 2.24) is 5.32 Å². The maximum atomic E-state index is 13.2. The number of rotatable bonds is 6. The van der Waals surface area contributed by atoms with Crippen LogP contribution in [0.15, 0.2) is 66.2 Å². The van der Waals surface area contributed by atoms with E-state index in [0.717, 1.165) is 15.7 Å². The first-order chi connectivity index (χ1) is 15.5. The lowest BCUT2D eigenvalue weighted by Crippen LogP contribution is -2.54. The minimum absolute atomic E-state index is 0.163. The summed E-state index contributed by atoms with van der Waals surface area (Å²) in [5.41, 5.74) is 0.769. The molecule has 0 atom stereocenters. The molecule has 32 heavy (non-hydrogen) atoms. The number of fused-ring (bicyclic) bond motifs is 1. The van der Waals surface area contributed by atoms with Crippen molar-refractivity contribution in [1.29, 1.82) is 0 Å². The molecule has 162 valence electrons. The molecule has 3 aromatic rings. The van der Waals surface area contributed by atoms with E-state index in [4.69, 9.17) is 9.47 Å². The largest absolute Gasteiger partial charge is 0.494 e. The van der Waals surface area contributed by atoms with Crippen molar-refractivity contribution in [3.63, 3.8) is 0 Å². The maximum absolute atomic E-state index is 13.2. The van der Waals surface area contributed by atoms with Crippen molar-refractivity contribution in [2.45, 2.75) is 13.8 Å². The Kier molecular flexibility index (Phi) is 5.89. The second-order valence-electron chi connectivity index (χ2n) is 7.02. The lowest BCUT2D eigenvalue weighted by Gasteiger charge is -2.26. The van der Waals surface area contributed by atoms with Crippen molar-refractivity contribution in [3.8, 4) is 11.5 Å². The zero-order chi connectivity index (χ0) is 22.7. The molecule has 0 radical (unpaired) electrons. The lowest BCUT2D eigenvalue weighted by molar-refractivity contribution is -0.122. The van der Waals surface area contributed by atoms with Crippen LogP contribution in [0.25, 0.3) is 16.8 Å². The van der Waals surface area contributed by atoms with Gasteiger partial charge < -0.3 is 9.47 Å². The predicted molar refractivity (Wildman–Crippen MR) is 122 cm³/mol. The minimum atomic E-state index is -0.787. The van der Waals surface area contributed by atoms with Gasteiger partial charge in [-0.25, -0.2) is 9.69 Å². The fraction of sp³-hybridized carbons (Fsp3) is 0.160. The number of anilines is 1. The second kappa shape index (κ2) is 8.93. The van der Waals surface area contributed by atoms with Gasteiger partial charge in [-0.05, 0) is 61.0 Å². The molecule has 1 N–H and O–H groups in total. The van der Waals surface area contributed by atoms with E-state index in [-0.39, 0.29) is 5.57 Å². The first kappa shape index (κ1) is 21.1.